The number of anilines is 2. The van der Waals surface area contributed by atoms with Crippen molar-refractivity contribution in [2.75, 3.05) is 81.6 Å². The molecule has 5 aromatic rings. The van der Waals surface area contributed by atoms with E-state index >= 15 is 0 Å². The van der Waals surface area contributed by atoms with Gasteiger partial charge in [-0.2, -0.15) is 0 Å². The summed E-state index contributed by atoms with van der Waals surface area (Å²) >= 11 is 7.84. The monoisotopic (exact) mass is 880 g/mol. The Kier molecular flexibility index (Phi) is 14.1. The molecule has 0 bridgehead atoms. The van der Waals surface area contributed by atoms with Crippen LogP contribution in [-0.2, 0) is 26.8 Å². The van der Waals surface area contributed by atoms with E-state index in [1.54, 1.807) is 30.0 Å². The van der Waals surface area contributed by atoms with Crippen LogP contribution in [0.2, 0.25) is 5.02 Å². The van der Waals surface area contributed by atoms with Crippen LogP contribution in [-0.4, -0.2) is 98.1 Å². The van der Waals surface area contributed by atoms with E-state index in [1.165, 1.54) is 17.2 Å². The molecule has 2 fully saturated rings. The van der Waals surface area contributed by atoms with Crippen LogP contribution in [0.5, 0.6) is 0 Å². The maximum Gasteiger partial charge on any atom is 0.326 e. The highest BCUT2D eigenvalue weighted by Crippen LogP contribution is 2.47. The lowest BCUT2D eigenvalue weighted by atomic mass is 9.99. The number of morpholine rings is 1. The number of ether oxygens (including phenoxy) is 1. The number of thioether (sulfide) groups is 1. The van der Waals surface area contributed by atoms with Gasteiger partial charge in [-0.05, 0) is 89.7 Å². The summed E-state index contributed by atoms with van der Waals surface area (Å²) in [6.45, 7) is 8.25. The van der Waals surface area contributed by atoms with Gasteiger partial charge in [-0.1, -0.05) is 66.2 Å². The van der Waals surface area contributed by atoms with Crippen molar-refractivity contribution < 1.29 is 23.5 Å². The Balaban J connectivity index is 0.913. The standard InChI is InChI=1S/C46H50ClN6O6PS/c47-38-14-10-34(11-15-38)42-9-5-4-6-37(42)32-51-21-23-52(24-22-51)40-16-12-35(13-17-40)46(54)49-60(57)45-31-44(53(55)56)43(30-36(45)19-27-59-60)48-39(18-20-50-25-28-58-29-26-50)33-61-41-7-2-1-3-8-41/h1-17,30-31,39,48H,18-29,32-33H2,(H,49,54,57)/t39-,60?/m1/s1. The molecule has 8 rings (SSSR count). The van der Waals surface area contributed by atoms with Crippen molar-refractivity contribution in [2.45, 2.75) is 30.3 Å². The van der Waals surface area contributed by atoms with E-state index in [0.29, 0.717) is 42.2 Å². The summed E-state index contributed by atoms with van der Waals surface area (Å²) in [5.41, 5.74) is 5.72. The number of benzene rings is 5. The number of nitro groups is 1. The fourth-order valence-corrected chi connectivity index (χ4v) is 11.1. The Hall–Kier alpha value is -4.72. The largest absolute Gasteiger partial charge is 0.379 e. The second-order valence-electron chi connectivity index (χ2n) is 15.5. The van der Waals surface area contributed by atoms with Gasteiger partial charge in [0.2, 0.25) is 0 Å². The third-order valence-corrected chi connectivity index (χ3v) is 15.0. The van der Waals surface area contributed by atoms with Gasteiger partial charge in [0, 0.05) is 91.4 Å². The Morgan fingerprint density at radius 1 is 0.852 bits per heavy atom. The van der Waals surface area contributed by atoms with E-state index in [1.807, 2.05) is 42.5 Å². The Morgan fingerprint density at radius 3 is 2.31 bits per heavy atom. The van der Waals surface area contributed by atoms with Crippen LogP contribution in [0.15, 0.2) is 120 Å². The predicted octanol–water partition coefficient (Wildman–Crippen LogP) is 8.35. The molecular weight excluding hydrogens is 831 g/mol. The van der Waals surface area contributed by atoms with Gasteiger partial charge < -0.3 is 19.5 Å². The van der Waals surface area contributed by atoms with Crippen LogP contribution < -0.4 is 20.6 Å². The molecule has 61 heavy (non-hydrogen) atoms. The Morgan fingerprint density at radius 2 is 1.57 bits per heavy atom. The first kappa shape index (κ1) is 42.9. The number of hydrogen-bond donors (Lipinski definition) is 2. The number of nitrogens with zero attached hydrogens (tertiary/aromatic N) is 4. The topological polar surface area (TPSA) is 130 Å². The summed E-state index contributed by atoms with van der Waals surface area (Å²) in [7, 11) is -4.01. The number of nitrogens with one attached hydrogen (secondary N) is 2. The minimum atomic E-state index is -4.01. The predicted molar refractivity (Wildman–Crippen MR) is 245 cm³/mol. The van der Waals surface area contributed by atoms with Crippen LogP contribution in [0.1, 0.15) is 27.9 Å². The zero-order chi connectivity index (χ0) is 42.2. The van der Waals surface area contributed by atoms with Crippen molar-refractivity contribution in [3.05, 3.63) is 147 Å². The highest BCUT2D eigenvalue weighted by Gasteiger charge is 2.37. The molecule has 12 nitrogen and oxygen atoms in total. The third-order valence-electron chi connectivity index (χ3n) is 11.5. The molecule has 5 aromatic carbocycles. The number of amides is 1. The molecule has 1 unspecified atom stereocenters. The lowest BCUT2D eigenvalue weighted by Gasteiger charge is -2.36. The lowest BCUT2D eigenvalue weighted by molar-refractivity contribution is -0.383. The van der Waals surface area contributed by atoms with Crippen molar-refractivity contribution >= 4 is 59.2 Å². The smallest absolute Gasteiger partial charge is 0.326 e. The van der Waals surface area contributed by atoms with Crippen molar-refractivity contribution in [1.29, 1.82) is 0 Å². The molecule has 3 aliphatic rings. The SMILES string of the molecule is O=C(NP1(=O)OCCc2cc(N[C@H](CCN3CCOCC3)CSc3ccccc3)c([N+](=O)[O-])cc21)c1ccc(N2CCN(Cc3ccccc3-c3ccc(Cl)cc3)CC2)cc1. The number of halogens is 1. The molecule has 3 aliphatic heterocycles. The Labute approximate surface area is 366 Å². The normalized spacial score (nSPS) is 18.9. The van der Waals surface area contributed by atoms with E-state index < -0.39 is 18.4 Å². The van der Waals surface area contributed by atoms with Gasteiger partial charge in [0.1, 0.15) is 5.69 Å². The number of carbonyl (C=O) groups excluding carboxylic acids is 1. The zero-order valence-corrected chi connectivity index (χ0v) is 36.4. The third kappa shape index (κ3) is 10.8. The number of piperazine rings is 1. The average Bonchev–Trinajstić information content (AvgIpc) is 3.28. The van der Waals surface area contributed by atoms with Crippen LogP contribution in [0.4, 0.5) is 17.1 Å². The molecule has 0 spiro atoms. The zero-order valence-electron chi connectivity index (χ0n) is 33.9. The van der Waals surface area contributed by atoms with Gasteiger partial charge in [-0.15, -0.1) is 11.8 Å². The minimum Gasteiger partial charge on any atom is -0.379 e. The quantitative estimate of drug-likeness (QED) is 0.0456. The van der Waals surface area contributed by atoms with E-state index in [4.69, 9.17) is 20.9 Å². The van der Waals surface area contributed by atoms with Gasteiger partial charge in [0.15, 0.2) is 0 Å². The van der Waals surface area contributed by atoms with Crippen LogP contribution >= 0.6 is 30.9 Å². The number of fused-ring (bicyclic) bond motifs is 1. The van der Waals surface area contributed by atoms with Crippen molar-refractivity contribution in [2.24, 2.45) is 0 Å². The molecule has 318 valence electrons. The van der Waals surface area contributed by atoms with Crippen molar-refractivity contribution in [3.63, 3.8) is 0 Å². The lowest BCUT2D eigenvalue weighted by Crippen LogP contribution is -2.46. The van der Waals surface area contributed by atoms with Gasteiger partial charge in [-0.3, -0.25) is 34.4 Å². The highest BCUT2D eigenvalue weighted by atomic mass is 35.5. The minimum absolute atomic E-state index is 0.0914. The fraction of sp³-hybridized carbons (Fsp3) is 0.326. The number of hydrogen-bond acceptors (Lipinski definition) is 11. The van der Waals surface area contributed by atoms with E-state index in [-0.39, 0.29) is 23.6 Å². The van der Waals surface area contributed by atoms with Gasteiger partial charge in [0.25, 0.3) is 11.6 Å². The highest BCUT2D eigenvalue weighted by molar-refractivity contribution is 7.99. The van der Waals surface area contributed by atoms with E-state index in [0.717, 1.165) is 79.9 Å². The van der Waals surface area contributed by atoms with Gasteiger partial charge >= 0.3 is 7.52 Å². The van der Waals surface area contributed by atoms with Gasteiger partial charge in [-0.25, -0.2) is 0 Å². The Bertz CT molecular complexity index is 2340. The average molecular weight is 881 g/mol. The molecule has 3 heterocycles. The van der Waals surface area contributed by atoms with Crippen molar-refractivity contribution in [3.8, 4) is 11.1 Å². The molecule has 0 saturated carbocycles. The first-order chi connectivity index (χ1) is 29.7. The van der Waals surface area contributed by atoms with Crippen LogP contribution in [0.25, 0.3) is 11.1 Å². The molecule has 0 radical (unpaired) electrons. The molecule has 0 aromatic heterocycles. The van der Waals surface area contributed by atoms with Crippen LogP contribution in [0, 0.1) is 10.1 Å². The maximum absolute atomic E-state index is 14.4. The summed E-state index contributed by atoms with van der Waals surface area (Å²) in [6, 6.07) is 36.7. The molecule has 1 amide bonds. The van der Waals surface area contributed by atoms with Crippen LogP contribution in [0.3, 0.4) is 0 Å². The number of rotatable bonds is 15. The molecule has 15 heteroatoms. The number of nitro benzene ring substituents is 1. The summed E-state index contributed by atoms with van der Waals surface area (Å²) in [5, 5.41) is 19.6. The molecule has 2 atom stereocenters. The molecule has 2 N–H and O–H groups in total. The second-order valence-corrected chi connectivity index (χ2v) is 19.1. The summed E-state index contributed by atoms with van der Waals surface area (Å²) < 4.78 is 25.8. The molecular formula is C46H50ClN6O6PS. The summed E-state index contributed by atoms with van der Waals surface area (Å²) in [5.74, 6) is 0.119. The molecule has 2 saturated heterocycles. The van der Waals surface area contributed by atoms with Gasteiger partial charge in [0.05, 0.1) is 30.0 Å². The summed E-state index contributed by atoms with van der Waals surface area (Å²) in [4.78, 5) is 34.0. The first-order valence-electron chi connectivity index (χ1n) is 20.8. The maximum atomic E-state index is 14.4. The summed E-state index contributed by atoms with van der Waals surface area (Å²) in [6.07, 6.45) is 1.16. The molecule has 0 aliphatic carbocycles. The van der Waals surface area contributed by atoms with E-state index in [2.05, 4.69) is 73.6 Å². The first-order valence-corrected chi connectivity index (χ1v) is 23.7. The van der Waals surface area contributed by atoms with E-state index in [9.17, 15) is 19.5 Å². The fourth-order valence-electron chi connectivity index (χ4n) is 8.10. The number of carbonyl (C=O) groups is 1. The second kappa shape index (κ2) is 20.0. The van der Waals surface area contributed by atoms with Crippen molar-refractivity contribution in [1.82, 2.24) is 14.9 Å².